The predicted molar refractivity (Wildman–Crippen MR) is 68.6 cm³/mol. The smallest absolute Gasteiger partial charge is 0.149 e. The van der Waals surface area contributed by atoms with Crippen molar-refractivity contribution in [3.05, 3.63) is 29.3 Å². The normalized spacial score (nSPS) is 12.9. The summed E-state index contributed by atoms with van der Waals surface area (Å²) in [6, 6.07) is 2.63. The third kappa shape index (κ3) is 3.09. The summed E-state index contributed by atoms with van der Waals surface area (Å²) in [5, 5.41) is 0. The quantitative estimate of drug-likeness (QED) is 0.735. The summed E-state index contributed by atoms with van der Waals surface area (Å²) < 4.78 is 27.7. The van der Waals surface area contributed by atoms with Crippen molar-refractivity contribution >= 4 is 17.3 Å². The molecule has 0 aliphatic carbocycles. The second-order valence-electron chi connectivity index (χ2n) is 4.64. The first kappa shape index (κ1) is 14.2. The summed E-state index contributed by atoms with van der Waals surface area (Å²) in [7, 11) is 1.70. The van der Waals surface area contributed by atoms with Crippen molar-refractivity contribution in [2.45, 2.75) is 32.7 Å². The monoisotopic (exact) mass is 261 g/mol. The fourth-order valence-corrected chi connectivity index (χ4v) is 1.84. The Morgan fingerprint density at radius 1 is 1.18 bits per heavy atom. The van der Waals surface area contributed by atoms with Crippen LogP contribution in [0.25, 0.3) is 0 Å². The molecule has 0 bridgehead atoms. The van der Waals surface area contributed by atoms with Crippen LogP contribution in [0.5, 0.6) is 0 Å². The molecule has 0 fully saturated rings. The molecule has 0 radical (unpaired) electrons. The Kier molecular flexibility index (Phi) is 4.75. The molecule has 0 saturated heterocycles. The maximum Gasteiger partial charge on any atom is 0.149 e. The molecule has 4 heteroatoms. The molecule has 96 valence electrons. The number of hydrogen-bond donors (Lipinski definition) is 0. The molecule has 0 spiro atoms. The predicted octanol–water partition coefficient (Wildman–Crippen LogP) is 4.18. The molecule has 1 unspecified atom stereocenters. The van der Waals surface area contributed by atoms with E-state index in [0.29, 0.717) is 11.5 Å². The number of rotatable bonds is 4. The third-order valence-corrected chi connectivity index (χ3v) is 3.47. The Bertz CT molecular complexity index is 370. The summed E-state index contributed by atoms with van der Waals surface area (Å²) in [5.41, 5.74) is 0.469. The van der Waals surface area contributed by atoms with Gasteiger partial charge in [-0.25, -0.2) is 8.78 Å². The van der Waals surface area contributed by atoms with Gasteiger partial charge in [-0.2, -0.15) is 0 Å². The highest BCUT2D eigenvalue weighted by Crippen LogP contribution is 2.27. The maximum absolute atomic E-state index is 13.8. The Morgan fingerprint density at radius 3 is 2.00 bits per heavy atom. The molecule has 1 aromatic carbocycles. The zero-order chi connectivity index (χ0) is 13.2. The first-order valence-corrected chi connectivity index (χ1v) is 6.18. The van der Waals surface area contributed by atoms with Gasteiger partial charge in [-0.15, -0.1) is 11.6 Å². The van der Waals surface area contributed by atoms with E-state index in [2.05, 4.69) is 0 Å². The largest absolute Gasteiger partial charge is 0.367 e. The lowest BCUT2D eigenvalue weighted by Gasteiger charge is -2.30. The Labute approximate surface area is 106 Å². The minimum Gasteiger partial charge on any atom is -0.367 e. The summed E-state index contributed by atoms with van der Waals surface area (Å²) in [6.45, 7) is 5.98. The van der Waals surface area contributed by atoms with Gasteiger partial charge in [0.25, 0.3) is 0 Å². The van der Waals surface area contributed by atoms with Gasteiger partial charge in [0, 0.05) is 19.0 Å². The molecule has 17 heavy (non-hydrogen) atoms. The molecule has 0 heterocycles. The number of hydrogen-bond acceptors (Lipinski definition) is 1. The molecule has 0 aliphatic rings. The number of anilines is 1. The van der Waals surface area contributed by atoms with Crippen LogP contribution in [0.15, 0.2) is 12.1 Å². The lowest BCUT2D eigenvalue weighted by atomic mass is 10.0. The number of nitrogens with zero attached hydrogens (tertiary/aromatic N) is 1. The molecule has 0 saturated carbocycles. The molecular weight excluding hydrogens is 244 g/mol. The summed E-state index contributed by atoms with van der Waals surface area (Å²) in [6.07, 6.45) is 0. The van der Waals surface area contributed by atoms with Gasteiger partial charge < -0.3 is 4.90 Å². The fourth-order valence-electron chi connectivity index (χ4n) is 1.68. The molecule has 1 rings (SSSR count). The molecule has 0 amide bonds. The van der Waals surface area contributed by atoms with E-state index >= 15 is 0 Å². The van der Waals surface area contributed by atoms with E-state index in [4.69, 9.17) is 11.6 Å². The number of halogens is 3. The van der Waals surface area contributed by atoms with Crippen LogP contribution in [-0.2, 0) is 5.88 Å². The van der Waals surface area contributed by atoms with Crippen LogP contribution in [0.2, 0.25) is 0 Å². The van der Waals surface area contributed by atoms with E-state index in [1.165, 1.54) is 12.1 Å². The highest BCUT2D eigenvalue weighted by molar-refractivity contribution is 6.17. The minimum atomic E-state index is -0.560. The molecule has 1 atom stereocenters. The van der Waals surface area contributed by atoms with Crippen molar-refractivity contribution < 1.29 is 8.78 Å². The van der Waals surface area contributed by atoms with Gasteiger partial charge in [-0.1, -0.05) is 13.8 Å². The van der Waals surface area contributed by atoms with E-state index < -0.39 is 11.6 Å². The van der Waals surface area contributed by atoms with Gasteiger partial charge in [0.15, 0.2) is 0 Å². The van der Waals surface area contributed by atoms with Crippen molar-refractivity contribution in [1.29, 1.82) is 0 Å². The van der Waals surface area contributed by atoms with Crippen molar-refractivity contribution in [1.82, 2.24) is 0 Å². The van der Waals surface area contributed by atoms with Gasteiger partial charge in [-0.3, -0.25) is 0 Å². The van der Waals surface area contributed by atoms with Crippen LogP contribution >= 0.6 is 11.6 Å². The van der Waals surface area contributed by atoms with E-state index in [0.717, 1.165) is 0 Å². The van der Waals surface area contributed by atoms with Crippen molar-refractivity contribution in [3.8, 4) is 0 Å². The lowest BCUT2D eigenvalue weighted by molar-refractivity contribution is 0.485. The minimum absolute atomic E-state index is 0.0140. The number of alkyl halides is 1. The molecule has 1 nitrogen and oxygen atoms in total. The summed E-state index contributed by atoms with van der Waals surface area (Å²) in [5.74, 6) is -0.699. The van der Waals surface area contributed by atoms with Crippen molar-refractivity contribution in [2.24, 2.45) is 5.92 Å². The van der Waals surface area contributed by atoms with E-state index in [-0.39, 0.29) is 17.6 Å². The maximum atomic E-state index is 13.8. The van der Waals surface area contributed by atoms with Crippen LogP contribution in [0.4, 0.5) is 14.5 Å². The highest BCUT2D eigenvalue weighted by atomic mass is 35.5. The third-order valence-electron chi connectivity index (χ3n) is 3.16. The molecule has 0 aliphatic heterocycles. The Hall–Kier alpha value is -0.830. The zero-order valence-electron chi connectivity index (χ0n) is 10.6. The number of benzene rings is 1. The molecular formula is C13H18ClF2N. The van der Waals surface area contributed by atoms with Gasteiger partial charge in [-0.05, 0) is 30.5 Å². The Morgan fingerprint density at radius 2 is 1.65 bits per heavy atom. The topological polar surface area (TPSA) is 3.24 Å². The fraction of sp³-hybridized carbons (Fsp3) is 0.538. The molecule has 1 aromatic rings. The summed E-state index contributed by atoms with van der Waals surface area (Å²) >= 11 is 5.57. The Balaban J connectivity index is 3.14. The molecule has 0 aromatic heterocycles. The SMILES string of the molecule is CC(C)C(C)N(C)c1c(F)cc(CCl)cc1F. The first-order chi connectivity index (χ1) is 7.88. The summed E-state index contributed by atoms with van der Waals surface area (Å²) in [4.78, 5) is 1.63. The van der Waals surface area contributed by atoms with Crippen molar-refractivity contribution in [2.75, 3.05) is 11.9 Å². The second kappa shape index (κ2) is 5.67. The van der Waals surface area contributed by atoms with Crippen LogP contribution in [0.3, 0.4) is 0 Å². The first-order valence-electron chi connectivity index (χ1n) is 5.65. The van der Waals surface area contributed by atoms with Crippen LogP contribution in [-0.4, -0.2) is 13.1 Å². The van der Waals surface area contributed by atoms with E-state index in [1.807, 2.05) is 20.8 Å². The van der Waals surface area contributed by atoms with Crippen LogP contribution < -0.4 is 4.90 Å². The average molecular weight is 262 g/mol. The van der Waals surface area contributed by atoms with Gasteiger partial charge in [0.05, 0.1) is 0 Å². The van der Waals surface area contributed by atoms with Crippen LogP contribution in [0, 0.1) is 17.6 Å². The van der Waals surface area contributed by atoms with E-state index in [9.17, 15) is 8.78 Å². The van der Waals surface area contributed by atoms with Gasteiger partial charge in [0.2, 0.25) is 0 Å². The van der Waals surface area contributed by atoms with Gasteiger partial charge in [0.1, 0.15) is 17.3 Å². The van der Waals surface area contributed by atoms with Gasteiger partial charge >= 0.3 is 0 Å². The highest BCUT2D eigenvalue weighted by Gasteiger charge is 2.21. The van der Waals surface area contributed by atoms with Crippen LogP contribution in [0.1, 0.15) is 26.3 Å². The van der Waals surface area contributed by atoms with E-state index in [1.54, 1.807) is 11.9 Å². The lowest BCUT2D eigenvalue weighted by Crippen LogP contribution is -2.34. The zero-order valence-corrected chi connectivity index (χ0v) is 11.4. The standard InChI is InChI=1S/C13H18ClF2N/c1-8(2)9(3)17(4)13-11(15)5-10(7-14)6-12(13)16/h5-6,8-9H,7H2,1-4H3. The average Bonchev–Trinajstić information content (AvgIpc) is 2.26. The second-order valence-corrected chi connectivity index (χ2v) is 4.90. The van der Waals surface area contributed by atoms with Crippen molar-refractivity contribution in [3.63, 3.8) is 0 Å². The molecule has 0 N–H and O–H groups in total.